The average molecular weight is 436 g/mol. The molecule has 1 unspecified atom stereocenters. The Hall–Kier alpha value is -3.19. The van der Waals surface area contributed by atoms with Crippen LogP contribution in [0.3, 0.4) is 0 Å². The number of anilines is 1. The standard InChI is InChI=1S/C24H22FN3O2S/c1-15(17-6-10-21-18(13-17)7-11-22(29)28-21)27-23(30)20-3-2-12-26-24(20)31-14-16-4-8-19(25)9-5-16/h2-6,8-10,12-13,15H,7,11,14H2,1H3,(H,27,30)(H,28,29). The van der Waals surface area contributed by atoms with Crippen molar-refractivity contribution in [2.45, 2.75) is 36.6 Å². The minimum absolute atomic E-state index is 0.0313. The van der Waals surface area contributed by atoms with Crippen molar-refractivity contribution >= 4 is 29.3 Å². The third kappa shape index (κ3) is 5.11. The van der Waals surface area contributed by atoms with Gasteiger partial charge in [0.2, 0.25) is 5.91 Å². The number of fused-ring (bicyclic) bond motifs is 1. The van der Waals surface area contributed by atoms with Crippen LogP contribution in [0.4, 0.5) is 10.1 Å². The molecular weight excluding hydrogens is 413 g/mol. The van der Waals surface area contributed by atoms with E-state index < -0.39 is 0 Å². The minimum atomic E-state index is -0.273. The first-order valence-electron chi connectivity index (χ1n) is 10.1. The van der Waals surface area contributed by atoms with Crippen LogP contribution in [0.25, 0.3) is 0 Å². The molecule has 2 amide bonds. The highest BCUT2D eigenvalue weighted by Gasteiger charge is 2.19. The number of hydrogen-bond donors (Lipinski definition) is 2. The fourth-order valence-corrected chi connectivity index (χ4v) is 4.39. The molecule has 2 N–H and O–H groups in total. The van der Waals surface area contributed by atoms with Gasteiger partial charge in [0, 0.05) is 24.1 Å². The topological polar surface area (TPSA) is 71.1 Å². The molecule has 1 atom stereocenters. The number of hydrogen-bond acceptors (Lipinski definition) is 4. The van der Waals surface area contributed by atoms with Crippen LogP contribution >= 0.6 is 11.8 Å². The van der Waals surface area contributed by atoms with Gasteiger partial charge in [0.25, 0.3) is 5.91 Å². The smallest absolute Gasteiger partial charge is 0.254 e. The van der Waals surface area contributed by atoms with Crippen LogP contribution in [0, 0.1) is 5.82 Å². The summed E-state index contributed by atoms with van der Waals surface area (Å²) in [4.78, 5) is 28.9. The second kappa shape index (κ2) is 9.31. The number of carbonyl (C=O) groups is 2. The summed E-state index contributed by atoms with van der Waals surface area (Å²) in [6, 6.07) is 15.4. The van der Waals surface area contributed by atoms with Gasteiger partial charge in [-0.3, -0.25) is 9.59 Å². The molecule has 2 heterocycles. The molecule has 0 fully saturated rings. The number of aromatic nitrogens is 1. The first-order chi connectivity index (χ1) is 15.0. The minimum Gasteiger partial charge on any atom is -0.345 e. The lowest BCUT2D eigenvalue weighted by Gasteiger charge is -2.20. The first kappa shape index (κ1) is 21.1. The normalized spacial score (nSPS) is 13.8. The maximum atomic E-state index is 13.1. The molecular formula is C24H22FN3O2S. The number of thioether (sulfide) groups is 1. The highest BCUT2D eigenvalue weighted by atomic mass is 32.2. The van der Waals surface area contributed by atoms with Crippen molar-refractivity contribution in [2.75, 3.05) is 5.32 Å². The third-order valence-corrected chi connectivity index (χ3v) is 6.25. The molecule has 158 valence electrons. The molecule has 1 aromatic heterocycles. The van der Waals surface area contributed by atoms with Gasteiger partial charge < -0.3 is 10.6 Å². The van der Waals surface area contributed by atoms with Crippen molar-refractivity contribution in [2.24, 2.45) is 0 Å². The van der Waals surface area contributed by atoms with Crippen molar-refractivity contribution in [3.63, 3.8) is 0 Å². The number of rotatable bonds is 6. The number of amides is 2. The number of aryl methyl sites for hydroxylation is 1. The van der Waals surface area contributed by atoms with Crippen LogP contribution in [-0.2, 0) is 17.0 Å². The SMILES string of the molecule is CC(NC(=O)c1cccnc1SCc1ccc(F)cc1)c1ccc2c(c1)CCC(=O)N2. The lowest BCUT2D eigenvalue weighted by Crippen LogP contribution is -2.27. The summed E-state index contributed by atoms with van der Waals surface area (Å²) in [5.41, 5.74) is 4.36. The molecule has 1 aliphatic rings. The Labute approximate surface area is 184 Å². The van der Waals surface area contributed by atoms with Crippen LogP contribution < -0.4 is 10.6 Å². The quantitative estimate of drug-likeness (QED) is 0.541. The zero-order chi connectivity index (χ0) is 21.8. The van der Waals surface area contributed by atoms with Gasteiger partial charge in [-0.1, -0.05) is 24.3 Å². The zero-order valence-electron chi connectivity index (χ0n) is 17.0. The maximum Gasteiger partial charge on any atom is 0.254 e. The molecule has 0 aliphatic carbocycles. The van der Waals surface area contributed by atoms with E-state index in [9.17, 15) is 14.0 Å². The summed E-state index contributed by atoms with van der Waals surface area (Å²) in [6.07, 6.45) is 2.83. The second-order valence-electron chi connectivity index (χ2n) is 7.43. The Morgan fingerprint density at radius 2 is 2.00 bits per heavy atom. The van der Waals surface area contributed by atoms with E-state index in [1.54, 1.807) is 30.5 Å². The lowest BCUT2D eigenvalue weighted by molar-refractivity contribution is -0.116. The van der Waals surface area contributed by atoms with E-state index in [2.05, 4.69) is 15.6 Å². The Balaban J connectivity index is 1.45. The van der Waals surface area contributed by atoms with E-state index >= 15 is 0 Å². The molecule has 0 saturated heterocycles. The fourth-order valence-electron chi connectivity index (χ4n) is 3.44. The molecule has 0 radical (unpaired) electrons. The number of nitrogens with zero attached hydrogens (tertiary/aromatic N) is 1. The molecule has 3 aromatic rings. The Bertz CT molecular complexity index is 1120. The van der Waals surface area contributed by atoms with E-state index in [1.807, 2.05) is 25.1 Å². The van der Waals surface area contributed by atoms with Gasteiger partial charge in [0.15, 0.2) is 0 Å². The van der Waals surface area contributed by atoms with E-state index in [-0.39, 0.29) is 23.7 Å². The Morgan fingerprint density at radius 3 is 2.81 bits per heavy atom. The van der Waals surface area contributed by atoms with Gasteiger partial charge in [-0.2, -0.15) is 0 Å². The summed E-state index contributed by atoms with van der Waals surface area (Å²) < 4.78 is 13.1. The van der Waals surface area contributed by atoms with Gasteiger partial charge in [-0.05, 0) is 60.4 Å². The van der Waals surface area contributed by atoms with Crippen LogP contribution in [0.15, 0.2) is 65.8 Å². The molecule has 31 heavy (non-hydrogen) atoms. The maximum absolute atomic E-state index is 13.1. The van der Waals surface area contributed by atoms with E-state index in [0.717, 1.165) is 22.4 Å². The van der Waals surface area contributed by atoms with Gasteiger partial charge >= 0.3 is 0 Å². The fraction of sp³-hybridized carbons (Fsp3) is 0.208. The van der Waals surface area contributed by atoms with Crippen molar-refractivity contribution < 1.29 is 14.0 Å². The van der Waals surface area contributed by atoms with Crippen molar-refractivity contribution in [1.29, 1.82) is 0 Å². The molecule has 2 aromatic carbocycles. The summed E-state index contributed by atoms with van der Waals surface area (Å²) in [6.45, 7) is 1.93. The summed E-state index contributed by atoms with van der Waals surface area (Å²) >= 11 is 1.44. The summed E-state index contributed by atoms with van der Waals surface area (Å²) in [5.74, 6) is 0.145. The predicted octanol–water partition coefficient (Wildman–Crippen LogP) is 4.89. The number of pyridine rings is 1. The third-order valence-electron chi connectivity index (χ3n) is 5.18. The van der Waals surface area contributed by atoms with Gasteiger partial charge in [-0.15, -0.1) is 11.8 Å². The molecule has 4 rings (SSSR count). The average Bonchev–Trinajstić information content (AvgIpc) is 2.78. The van der Waals surface area contributed by atoms with Gasteiger partial charge in [0.1, 0.15) is 10.8 Å². The van der Waals surface area contributed by atoms with Crippen LogP contribution in [-0.4, -0.2) is 16.8 Å². The van der Waals surface area contributed by atoms with E-state index in [1.165, 1.54) is 23.9 Å². The number of carbonyl (C=O) groups excluding carboxylic acids is 2. The molecule has 0 bridgehead atoms. The largest absolute Gasteiger partial charge is 0.345 e. The lowest BCUT2D eigenvalue weighted by atomic mass is 9.97. The highest BCUT2D eigenvalue weighted by molar-refractivity contribution is 7.98. The van der Waals surface area contributed by atoms with Gasteiger partial charge in [-0.25, -0.2) is 9.37 Å². The molecule has 0 spiro atoms. The van der Waals surface area contributed by atoms with Crippen LogP contribution in [0.2, 0.25) is 0 Å². The second-order valence-corrected chi connectivity index (χ2v) is 8.40. The summed E-state index contributed by atoms with van der Waals surface area (Å²) in [5, 5.41) is 6.55. The zero-order valence-corrected chi connectivity index (χ0v) is 17.8. The number of benzene rings is 2. The van der Waals surface area contributed by atoms with Crippen molar-refractivity contribution in [1.82, 2.24) is 10.3 Å². The van der Waals surface area contributed by atoms with Crippen LogP contribution in [0.5, 0.6) is 0 Å². The molecule has 1 aliphatic heterocycles. The highest BCUT2D eigenvalue weighted by Crippen LogP contribution is 2.27. The molecule has 7 heteroatoms. The van der Waals surface area contributed by atoms with E-state index in [4.69, 9.17) is 0 Å². The van der Waals surface area contributed by atoms with Gasteiger partial charge in [0.05, 0.1) is 11.6 Å². The number of halogens is 1. The Morgan fingerprint density at radius 1 is 1.19 bits per heavy atom. The van der Waals surface area contributed by atoms with E-state index in [0.29, 0.717) is 29.2 Å². The monoisotopic (exact) mass is 435 g/mol. The number of nitrogens with one attached hydrogen (secondary N) is 2. The molecule has 0 saturated carbocycles. The summed E-state index contributed by atoms with van der Waals surface area (Å²) in [7, 11) is 0. The predicted molar refractivity (Wildman–Crippen MR) is 119 cm³/mol. The Kier molecular flexibility index (Phi) is 6.32. The van der Waals surface area contributed by atoms with Crippen molar-refractivity contribution in [3.8, 4) is 0 Å². The molecule has 5 nitrogen and oxygen atoms in total. The van der Waals surface area contributed by atoms with Crippen LogP contribution in [0.1, 0.15) is 46.4 Å². The van der Waals surface area contributed by atoms with Crippen molar-refractivity contribution in [3.05, 3.63) is 88.9 Å². The first-order valence-corrected chi connectivity index (χ1v) is 11.0.